The fraction of sp³-hybridized carbons (Fsp3) is 0.611. The average molecular weight is 526 g/mol. The number of hydrogen-bond donors (Lipinski definition) is 1. The van der Waals surface area contributed by atoms with Gasteiger partial charge in [0, 0.05) is 37.1 Å². The Bertz CT molecular complexity index is 531. The molecular weight excluding hydrogens is 497 g/mol. The molecule has 0 bridgehead atoms. The third-order valence-corrected chi connectivity index (χ3v) is 4.50. The minimum Gasteiger partial charge on any atom is -0.382 e. The molecule has 142 valence electrons. The normalized spacial score (nSPS) is 17.5. The highest BCUT2D eigenvalue weighted by molar-refractivity contribution is 14.0. The molecule has 1 unspecified atom stereocenters. The molecule has 0 radical (unpaired) electrons. The van der Waals surface area contributed by atoms with Gasteiger partial charge in [-0.3, -0.25) is 0 Å². The number of guanidine groups is 1. The van der Waals surface area contributed by atoms with E-state index < -0.39 is 0 Å². The van der Waals surface area contributed by atoms with E-state index in [1.807, 2.05) is 12.1 Å². The fourth-order valence-corrected chi connectivity index (χ4v) is 3.23. The van der Waals surface area contributed by atoms with Gasteiger partial charge in [-0.2, -0.15) is 0 Å². The summed E-state index contributed by atoms with van der Waals surface area (Å²) >= 11 is 3.51. The largest absolute Gasteiger partial charge is 0.382 e. The van der Waals surface area contributed by atoms with Crippen LogP contribution in [0.25, 0.3) is 0 Å². The van der Waals surface area contributed by atoms with Crippen LogP contribution in [0.5, 0.6) is 0 Å². The van der Waals surface area contributed by atoms with E-state index >= 15 is 0 Å². The van der Waals surface area contributed by atoms with Crippen molar-refractivity contribution in [1.82, 2.24) is 10.2 Å². The first kappa shape index (κ1) is 22.7. The first-order valence-corrected chi connectivity index (χ1v) is 9.36. The summed E-state index contributed by atoms with van der Waals surface area (Å²) in [5.41, 5.74) is 1.21. The lowest BCUT2D eigenvalue weighted by Gasteiger charge is -2.21. The van der Waals surface area contributed by atoms with Gasteiger partial charge in [0.25, 0.3) is 0 Å². The number of benzene rings is 1. The van der Waals surface area contributed by atoms with Crippen LogP contribution in [0.1, 0.15) is 18.9 Å². The van der Waals surface area contributed by atoms with Gasteiger partial charge < -0.3 is 19.7 Å². The molecule has 1 heterocycles. The Hall–Kier alpha value is -0.380. The Morgan fingerprint density at radius 3 is 2.96 bits per heavy atom. The van der Waals surface area contributed by atoms with Crippen molar-refractivity contribution in [2.45, 2.75) is 19.9 Å². The molecule has 1 aliphatic rings. The zero-order chi connectivity index (χ0) is 17.2. The summed E-state index contributed by atoms with van der Waals surface area (Å²) < 4.78 is 11.8. The van der Waals surface area contributed by atoms with E-state index in [1.54, 1.807) is 7.11 Å². The van der Waals surface area contributed by atoms with Gasteiger partial charge in [-0.1, -0.05) is 28.1 Å². The predicted octanol–water partition coefficient (Wildman–Crippen LogP) is 3.52. The Morgan fingerprint density at radius 1 is 1.40 bits per heavy atom. The molecule has 25 heavy (non-hydrogen) atoms. The molecule has 1 N–H and O–H groups in total. The number of nitrogens with zero attached hydrogens (tertiary/aromatic N) is 2. The molecule has 1 atom stereocenters. The molecule has 7 heteroatoms. The number of nitrogens with one attached hydrogen (secondary N) is 1. The van der Waals surface area contributed by atoms with E-state index in [1.165, 1.54) is 5.56 Å². The lowest BCUT2D eigenvalue weighted by molar-refractivity contribution is 0.0536. The summed E-state index contributed by atoms with van der Waals surface area (Å²) in [6.07, 6.45) is 1.15. The van der Waals surface area contributed by atoms with Gasteiger partial charge in [-0.25, -0.2) is 4.99 Å². The molecule has 2 rings (SSSR count). The van der Waals surface area contributed by atoms with Crippen LogP contribution in [0, 0.1) is 5.92 Å². The van der Waals surface area contributed by atoms with E-state index in [0.717, 1.165) is 43.1 Å². The zero-order valence-electron chi connectivity index (χ0n) is 15.0. The van der Waals surface area contributed by atoms with E-state index in [4.69, 9.17) is 14.5 Å². The van der Waals surface area contributed by atoms with Crippen molar-refractivity contribution >= 4 is 45.9 Å². The van der Waals surface area contributed by atoms with Gasteiger partial charge in [-0.15, -0.1) is 24.0 Å². The van der Waals surface area contributed by atoms with E-state index in [9.17, 15) is 0 Å². The van der Waals surface area contributed by atoms with E-state index in [-0.39, 0.29) is 24.0 Å². The van der Waals surface area contributed by atoms with Crippen LogP contribution in [0.3, 0.4) is 0 Å². The van der Waals surface area contributed by atoms with Crippen molar-refractivity contribution in [3.05, 3.63) is 34.3 Å². The number of halogens is 2. The van der Waals surface area contributed by atoms with Crippen LogP contribution >= 0.6 is 39.9 Å². The van der Waals surface area contributed by atoms with Gasteiger partial charge >= 0.3 is 0 Å². The number of likely N-dealkylation sites (tertiary alicyclic amines) is 1. The van der Waals surface area contributed by atoms with Crippen LogP contribution in [0.4, 0.5) is 0 Å². The fourth-order valence-electron chi connectivity index (χ4n) is 2.78. The van der Waals surface area contributed by atoms with Crippen molar-refractivity contribution in [1.29, 1.82) is 0 Å². The monoisotopic (exact) mass is 525 g/mol. The number of methoxy groups -OCH3 is 1. The Kier molecular flexibility index (Phi) is 11.7. The van der Waals surface area contributed by atoms with Crippen molar-refractivity contribution in [2.24, 2.45) is 10.9 Å². The van der Waals surface area contributed by atoms with Gasteiger partial charge in [0.05, 0.1) is 26.4 Å². The molecule has 0 saturated carbocycles. The highest BCUT2D eigenvalue weighted by atomic mass is 127. The second kappa shape index (κ2) is 12.9. The van der Waals surface area contributed by atoms with Crippen molar-refractivity contribution in [3.8, 4) is 0 Å². The summed E-state index contributed by atoms with van der Waals surface area (Å²) in [7, 11) is 1.70. The maximum absolute atomic E-state index is 5.67. The minimum absolute atomic E-state index is 0. The smallest absolute Gasteiger partial charge is 0.194 e. The first-order chi connectivity index (χ1) is 11.7. The molecule has 0 aromatic heterocycles. The summed E-state index contributed by atoms with van der Waals surface area (Å²) in [5, 5.41) is 3.41. The number of rotatable bonds is 8. The molecule has 1 fully saturated rings. The lowest BCUT2D eigenvalue weighted by atomic mass is 10.1. The zero-order valence-corrected chi connectivity index (χ0v) is 19.0. The third-order valence-electron chi connectivity index (χ3n) is 4.01. The van der Waals surface area contributed by atoms with Gasteiger partial charge in [0.1, 0.15) is 0 Å². The molecule has 1 aliphatic heterocycles. The van der Waals surface area contributed by atoms with E-state index in [0.29, 0.717) is 25.7 Å². The average Bonchev–Trinajstić information content (AvgIpc) is 3.04. The topological polar surface area (TPSA) is 46.1 Å². The number of ether oxygens (including phenoxy) is 2. The minimum atomic E-state index is 0. The second-order valence-corrected chi connectivity index (χ2v) is 6.88. The van der Waals surface area contributed by atoms with Gasteiger partial charge in [0.15, 0.2) is 5.96 Å². The van der Waals surface area contributed by atoms with Crippen LogP contribution in [-0.2, 0) is 16.0 Å². The van der Waals surface area contributed by atoms with Crippen molar-refractivity contribution < 1.29 is 9.47 Å². The molecular formula is C18H29BrIN3O2. The standard InChI is InChI=1S/C18H28BrN3O2.HI/c1-3-20-18(21-12-15-5-4-6-17(19)11-15)22-8-7-16(13-22)14-24-10-9-23-2;/h4-6,11,16H,3,7-10,12-14H2,1-2H3,(H,20,21);1H. The van der Waals surface area contributed by atoms with Crippen LogP contribution in [0.15, 0.2) is 33.7 Å². The van der Waals surface area contributed by atoms with Crippen LogP contribution < -0.4 is 5.32 Å². The Balaban J connectivity index is 0.00000312. The van der Waals surface area contributed by atoms with Crippen molar-refractivity contribution in [2.75, 3.05) is 46.6 Å². The molecule has 1 saturated heterocycles. The predicted molar refractivity (Wildman–Crippen MR) is 117 cm³/mol. The van der Waals surface area contributed by atoms with Crippen LogP contribution in [-0.4, -0.2) is 57.4 Å². The highest BCUT2D eigenvalue weighted by Crippen LogP contribution is 2.17. The summed E-state index contributed by atoms with van der Waals surface area (Å²) in [5.74, 6) is 1.56. The summed E-state index contributed by atoms with van der Waals surface area (Å²) in [6.45, 7) is 7.83. The first-order valence-electron chi connectivity index (χ1n) is 8.57. The maximum Gasteiger partial charge on any atom is 0.194 e. The molecule has 0 aliphatic carbocycles. The number of hydrogen-bond acceptors (Lipinski definition) is 3. The Morgan fingerprint density at radius 2 is 2.24 bits per heavy atom. The Labute approximate surface area is 176 Å². The highest BCUT2D eigenvalue weighted by Gasteiger charge is 2.24. The SMILES string of the molecule is CCNC(=NCc1cccc(Br)c1)N1CCC(COCCOC)C1.I. The quantitative estimate of drug-likeness (QED) is 0.244. The lowest BCUT2D eigenvalue weighted by Crippen LogP contribution is -2.40. The second-order valence-electron chi connectivity index (χ2n) is 5.97. The maximum atomic E-state index is 5.67. The third kappa shape index (κ3) is 8.23. The number of aliphatic imine (C=N–C) groups is 1. The van der Waals surface area contributed by atoms with E-state index in [2.05, 4.69) is 45.2 Å². The van der Waals surface area contributed by atoms with Crippen molar-refractivity contribution in [3.63, 3.8) is 0 Å². The van der Waals surface area contributed by atoms with Crippen LogP contribution in [0.2, 0.25) is 0 Å². The molecule has 0 spiro atoms. The molecule has 5 nitrogen and oxygen atoms in total. The van der Waals surface area contributed by atoms with Gasteiger partial charge in [0.2, 0.25) is 0 Å². The molecule has 1 aromatic carbocycles. The summed E-state index contributed by atoms with van der Waals surface area (Å²) in [6, 6.07) is 8.30. The van der Waals surface area contributed by atoms with Gasteiger partial charge in [-0.05, 0) is 31.0 Å². The summed E-state index contributed by atoms with van der Waals surface area (Å²) in [4.78, 5) is 7.14. The molecule has 0 amide bonds. The molecule has 1 aromatic rings.